The van der Waals surface area contributed by atoms with E-state index in [-0.39, 0.29) is 5.97 Å². The molecule has 2 aromatic rings. The zero-order valence-corrected chi connectivity index (χ0v) is 11.8. The van der Waals surface area contributed by atoms with Gasteiger partial charge in [-0.2, -0.15) is 0 Å². The van der Waals surface area contributed by atoms with Crippen molar-refractivity contribution < 1.29 is 14.3 Å². The third-order valence-electron chi connectivity index (χ3n) is 3.86. The Labute approximate surface area is 118 Å². The van der Waals surface area contributed by atoms with Gasteiger partial charge in [0.05, 0.1) is 5.56 Å². The fourth-order valence-electron chi connectivity index (χ4n) is 2.85. The first-order valence-corrected chi connectivity index (χ1v) is 6.55. The minimum Gasteiger partial charge on any atom is -0.420 e. The van der Waals surface area contributed by atoms with Gasteiger partial charge in [-0.05, 0) is 25.0 Å². The normalized spacial score (nSPS) is 20.6. The lowest BCUT2D eigenvalue weighted by Crippen LogP contribution is -2.31. The van der Waals surface area contributed by atoms with Crippen LogP contribution in [0.2, 0.25) is 0 Å². The van der Waals surface area contributed by atoms with Gasteiger partial charge in [-0.15, -0.1) is 0 Å². The van der Waals surface area contributed by atoms with Gasteiger partial charge in [0, 0.05) is 18.2 Å². The van der Waals surface area contributed by atoms with E-state index in [9.17, 15) is 4.79 Å². The number of rotatable bonds is 2. The standard InChI is InChI=1S/C17H16O3/c1-11-7-4-5-9-13(11)17(19-3)14-10-6-8-12(2)15(14)16(18)20-17/h4-10H,1-3H3/t17-/m1/s1. The van der Waals surface area contributed by atoms with Crippen LogP contribution in [0.15, 0.2) is 42.5 Å². The maximum Gasteiger partial charge on any atom is 0.341 e. The summed E-state index contributed by atoms with van der Waals surface area (Å²) >= 11 is 0. The smallest absolute Gasteiger partial charge is 0.341 e. The minimum atomic E-state index is -1.14. The molecule has 1 heterocycles. The van der Waals surface area contributed by atoms with Crippen molar-refractivity contribution in [2.24, 2.45) is 0 Å². The molecule has 0 unspecified atom stereocenters. The Morgan fingerprint density at radius 3 is 2.30 bits per heavy atom. The van der Waals surface area contributed by atoms with Gasteiger partial charge in [0.1, 0.15) is 0 Å². The van der Waals surface area contributed by atoms with Crippen LogP contribution in [0.4, 0.5) is 0 Å². The summed E-state index contributed by atoms with van der Waals surface area (Å²) in [5.41, 5.74) is 4.17. The second kappa shape index (κ2) is 4.46. The second-order valence-corrected chi connectivity index (χ2v) is 5.02. The molecule has 3 nitrogen and oxygen atoms in total. The summed E-state index contributed by atoms with van der Waals surface area (Å²) in [5, 5.41) is 0. The first-order chi connectivity index (χ1) is 9.60. The molecule has 1 aliphatic rings. The highest BCUT2D eigenvalue weighted by molar-refractivity contribution is 5.96. The largest absolute Gasteiger partial charge is 0.420 e. The Hall–Kier alpha value is -2.13. The lowest BCUT2D eigenvalue weighted by molar-refractivity contribution is -0.155. The molecule has 0 spiro atoms. The Kier molecular flexibility index (Phi) is 2.87. The van der Waals surface area contributed by atoms with Crippen molar-refractivity contribution in [2.75, 3.05) is 7.11 Å². The number of carbonyl (C=O) groups is 1. The summed E-state index contributed by atoms with van der Waals surface area (Å²) in [7, 11) is 1.57. The number of cyclic esters (lactones) is 1. The molecule has 0 radical (unpaired) electrons. The molecular formula is C17H16O3. The van der Waals surface area contributed by atoms with E-state index in [2.05, 4.69) is 0 Å². The number of hydrogen-bond donors (Lipinski definition) is 0. The number of esters is 1. The Balaban J connectivity index is 2.31. The Morgan fingerprint density at radius 1 is 0.950 bits per heavy atom. The van der Waals surface area contributed by atoms with Crippen LogP contribution in [0.3, 0.4) is 0 Å². The van der Waals surface area contributed by atoms with Crippen molar-refractivity contribution in [3.63, 3.8) is 0 Å². The monoisotopic (exact) mass is 268 g/mol. The van der Waals surface area contributed by atoms with Crippen molar-refractivity contribution in [1.82, 2.24) is 0 Å². The zero-order chi connectivity index (χ0) is 14.3. The topological polar surface area (TPSA) is 35.5 Å². The molecule has 3 rings (SSSR count). The molecule has 0 bridgehead atoms. The fourth-order valence-corrected chi connectivity index (χ4v) is 2.85. The van der Waals surface area contributed by atoms with Gasteiger partial charge in [0.15, 0.2) is 0 Å². The van der Waals surface area contributed by atoms with E-state index in [1.807, 2.05) is 56.3 Å². The van der Waals surface area contributed by atoms with Crippen LogP contribution in [0.25, 0.3) is 0 Å². The summed E-state index contributed by atoms with van der Waals surface area (Å²) < 4.78 is 11.3. The van der Waals surface area contributed by atoms with Gasteiger partial charge >= 0.3 is 5.97 Å². The fraction of sp³-hybridized carbons (Fsp3) is 0.235. The molecule has 0 saturated heterocycles. The van der Waals surface area contributed by atoms with Crippen molar-refractivity contribution in [3.05, 3.63) is 70.3 Å². The van der Waals surface area contributed by atoms with E-state index >= 15 is 0 Å². The van der Waals surface area contributed by atoms with Crippen molar-refractivity contribution in [1.29, 1.82) is 0 Å². The third-order valence-corrected chi connectivity index (χ3v) is 3.86. The van der Waals surface area contributed by atoms with E-state index in [0.29, 0.717) is 5.56 Å². The van der Waals surface area contributed by atoms with Crippen LogP contribution < -0.4 is 0 Å². The minimum absolute atomic E-state index is 0.330. The highest BCUT2D eigenvalue weighted by Gasteiger charge is 2.48. The van der Waals surface area contributed by atoms with Crippen molar-refractivity contribution in [2.45, 2.75) is 19.6 Å². The Morgan fingerprint density at radius 2 is 1.60 bits per heavy atom. The molecule has 0 aromatic heterocycles. The first-order valence-electron chi connectivity index (χ1n) is 6.55. The molecule has 0 saturated carbocycles. The molecule has 2 aromatic carbocycles. The number of aryl methyl sites for hydroxylation is 2. The summed E-state index contributed by atoms with van der Waals surface area (Å²) in [5.74, 6) is -1.47. The van der Waals surface area contributed by atoms with E-state index in [4.69, 9.17) is 9.47 Å². The third kappa shape index (κ3) is 1.60. The average Bonchev–Trinajstić information content (AvgIpc) is 2.74. The molecule has 102 valence electrons. The Bertz CT molecular complexity index is 690. The number of ether oxygens (including phenoxy) is 2. The predicted octanol–water partition coefficient (Wildman–Crippen LogP) is 3.32. The molecule has 1 aliphatic heterocycles. The number of hydrogen-bond acceptors (Lipinski definition) is 3. The number of methoxy groups -OCH3 is 1. The van der Waals surface area contributed by atoms with Crippen LogP contribution in [-0.4, -0.2) is 13.1 Å². The summed E-state index contributed by atoms with van der Waals surface area (Å²) in [6.45, 7) is 3.89. The molecule has 0 N–H and O–H groups in total. The van der Waals surface area contributed by atoms with Gasteiger partial charge < -0.3 is 9.47 Å². The quantitative estimate of drug-likeness (QED) is 0.784. The van der Waals surface area contributed by atoms with Gasteiger partial charge in [-0.25, -0.2) is 4.79 Å². The summed E-state index contributed by atoms with van der Waals surface area (Å²) in [6.07, 6.45) is 0. The van der Waals surface area contributed by atoms with E-state index in [1.165, 1.54) is 0 Å². The highest BCUT2D eigenvalue weighted by Crippen LogP contribution is 2.44. The number of fused-ring (bicyclic) bond motifs is 1. The van der Waals surface area contributed by atoms with Crippen LogP contribution in [-0.2, 0) is 15.3 Å². The van der Waals surface area contributed by atoms with Crippen LogP contribution >= 0.6 is 0 Å². The number of carbonyl (C=O) groups excluding carboxylic acids is 1. The maximum absolute atomic E-state index is 12.2. The lowest BCUT2D eigenvalue weighted by atomic mass is 9.91. The predicted molar refractivity (Wildman–Crippen MR) is 75.6 cm³/mol. The molecule has 0 amide bonds. The molecular weight excluding hydrogens is 252 g/mol. The SMILES string of the molecule is CO[C@]1(c2ccccc2C)OC(=O)c2c(C)cccc21. The molecule has 1 atom stereocenters. The van der Waals surface area contributed by atoms with Crippen LogP contribution in [0.5, 0.6) is 0 Å². The van der Waals surface area contributed by atoms with Gasteiger partial charge in [-0.3, -0.25) is 0 Å². The molecule has 3 heteroatoms. The van der Waals surface area contributed by atoms with Crippen LogP contribution in [0.1, 0.15) is 32.6 Å². The molecule has 20 heavy (non-hydrogen) atoms. The van der Waals surface area contributed by atoms with Gasteiger partial charge in [0.2, 0.25) is 0 Å². The highest BCUT2D eigenvalue weighted by atomic mass is 16.7. The number of benzene rings is 2. The molecule has 0 aliphatic carbocycles. The second-order valence-electron chi connectivity index (χ2n) is 5.02. The maximum atomic E-state index is 12.2. The average molecular weight is 268 g/mol. The first kappa shape index (κ1) is 12.9. The molecule has 0 fully saturated rings. The lowest BCUT2D eigenvalue weighted by Gasteiger charge is -2.28. The van der Waals surface area contributed by atoms with Gasteiger partial charge in [-0.1, -0.05) is 42.5 Å². The van der Waals surface area contributed by atoms with E-state index in [0.717, 1.165) is 22.3 Å². The summed E-state index contributed by atoms with van der Waals surface area (Å²) in [4.78, 5) is 12.2. The van der Waals surface area contributed by atoms with Crippen LogP contribution in [0, 0.1) is 13.8 Å². The van der Waals surface area contributed by atoms with Crippen molar-refractivity contribution >= 4 is 5.97 Å². The summed E-state index contributed by atoms with van der Waals surface area (Å²) in [6, 6.07) is 13.5. The zero-order valence-electron chi connectivity index (χ0n) is 11.8. The van der Waals surface area contributed by atoms with E-state index < -0.39 is 5.79 Å². The van der Waals surface area contributed by atoms with E-state index in [1.54, 1.807) is 7.11 Å². The van der Waals surface area contributed by atoms with Gasteiger partial charge in [0.25, 0.3) is 5.79 Å². The van der Waals surface area contributed by atoms with Crippen molar-refractivity contribution in [3.8, 4) is 0 Å².